The third-order valence-electron chi connectivity index (χ3n) is 3.76. The number of nitrogens with two attached hydrogens (primary N) is 1. The molecule has 0 aromatic carbocycles. The van der Waals surface area contributed by atoms with Gasteiger partial charge in [0.2, 0.25) is 11.8 Å². The first-order valence-corrected chi connectivity index (χ1v) is 6.44. The predicted octanol–water partition coefficient (Wildman–Crippen LogP) is -0.0997. The Bertz CT molecular complexity index is 303. The van der Waals surface area contributed by atoms with E-state index < -0.39 is 0 Å². The molecule has 5 heteroatoms. The number of amides is 2. The van der Waals surface area contributed by atoms with Gasteiger partial charge in [-0.3, -0.25) is 9.59 Å². The topological polar surface area (TPSA) is 84.2 Å². The van der Waals surface area contributed by atoms with Crippen LogP contribution in [0.2, 0.25) is 0 Å². The van der Waals surface area contributed by atoms with Gasteiger partial charge >= 0.3 is 0 Å². The van der Waals surface area contributed by atoms with E-state index in [-0.39, 0.29) is 17.2 Å². The smallest absolute Gasteiger partial charge is 0.227 e. The maximum absolute atomic E-state index is 11.9. The fourth-order valence-electron chi connectivity index (χ4n) is 2.13. The number of rotatable bonds is 6. The van der Waals surface area contributed by atoms with Crippen molar-refractivity contribution in [2.75, 3.05) is 13.1 Å². The molecule has 4 N–H and O–H groups in total. The zero-order valence-corrected chi connectivity index (χ0v) is 10.1. The van der Waals surface area contributed by atoms with Crippen molar-refractivity contribution in [1.82, 2.24) is 10.6 Å². The van der Waals surface area contributed by atoms with Gasteiger partial charge in [0.25, 0.3) is 0 Å². The van der Waals surface area contributed by atoms with Gasteiger partial charge in [-0.25, -0.2) is 0 Å². The molecule has 96 valence electrons. The number of hydrogen-bond acceptors (Lipinski definition) is 3. The summed E-state index contributed by atoms with van der Waals surface area (Å²) in [6.45, 7) is 0.826. The SMILES string of the molecule is NCC1(C(=O)NCCC(=O)NC2CC2)CCC1. The van der Waals surface area contributed by atoms with Crippen molar-refractivity contribution in [3.8, 4) is 0 Å². The van der Waals surface area contributed by atoms with Gasteiger partial charge in [0, 0.05) is 25.6 Å². The number of hydrogen-bond donors (Lipinski definition) is 3. The third-order valence-corrected chi connectivity index (χ3v) is 3.76. The van der Waals surface area contributed by atoms with Gasteiger partial charge < -0.3 is 16.4 Å². The molecule has 2 aliphatic rings. The van der Waals surface area contributed by atoms with E-state index in [0.29, 0.717) is 25.6 Å². The van der Waals surface area contributed by atoms with Crippen molar-refractivity contribution in [3.05, 3.63) is 0 Å². The molecule has 0 saturated heterocycles. The quantitative estimate of drug-likeness (QED) is 0.605. The summed E-state index contributed by atoms with van der Waals surface area (Å²) in [5.74, 6) is 0.0497. The average molecular weight is 239 g/mol. The van der Waals surface area contributed by atoms with E-state index in [2.05, 4.69) is 10.6 Å². The molecule has 0 bridgehead atoms. The van der Waals surface area contributed by atoms with Crippen LogP contribution in [0.3, 0.4) is 0 Å². The largest absolute Gasteiger partial charge is 0.355 e. The summed E-state index contributed by atoms with van der Waals surface area (Å²) in [4.78, 5) is 23.3. The number of carbonyl (C=O) groups is 2. The van der Waals surface area contributed by atoms with E-state index in [1.807, 2.05) is 0 Å². The molecule has 0 aromatic heterocycles. The van der Waals surface area contributed by atoms with Crippen LogP contribution in [0.4, 0.5) is 0 Å². The Morgan fingerprint density at radius 1 is 1.29 bits per heavy atom. The van der Waals surface area contributed by atoms with Gasteiger partial charge in [-0.2, -0.15) is 0 Å². The molecule has 2 rings (SSSR count). The standard InChI is InChI=1S/C12H21N3O2/c13-8-12(5-1-6-12)11(17)14-7-4-10(16)15-9-2-3-9/h9H,1-8,13H2,(H,14,17)(H,15,16). The fraction of sp³-hybridized carbons (Fsp3) is 0.833. The summed E-state index contributed by atoms with van der Waals surface area (Å²) in [6, 6.07) is 0.389. The van der Waals surface area contributed by atoms with Crippen LogP contribution in [-0.2, 0) is 9.59 Å². The molecule has 2 amide bonds. The van der Waals surface area contributed by atoms with Crippen molar-refractivity contribution in [2.24, 2.45) is 11.1 Å². The lowest BCUT2D eigenvalue weighted by Gasteiger charge is -2.39. The highest BCUT2D eigenvalue weighted by Crippen LogP contribution is 2.39. The van der Waals surface area contributed by atoms with Crippen molar-refractivity contribution in [3.63, 3.8) is 0 Å². The molecule has 0 aromatic rings. The van der Waals surface area contributed by atoms with Crippen LogP contribution >= 0.6 is 0 Å². The highest BCUT2D eigenvalue weighted by atomic mass is 16.2. The Labute approximate surface area is 102 Å². The maximum atomic E-state index is 11.9. The second-order valence-corrected chi connectivity index (χ2v) is 5.19. The monoisotopic (exact) mass is 239 g/mol. The van der Waals surface area contributed by atoms with Crippen LogP contribution in [0.25, 0.3) is 0 Å². The molecule has 2 fully saturated rings. The summed E-state index contributed by atoms with van der Waals surface area (Å²) in [5, 5.41) is 5.71. The molecule has 5 nitrogen and oxygen atoms in total. The van der Waals surface area contributed by atoms with E-state index in [1.54, 1.807) is 0 Å². The van der Waals surface area contributed by atoms with Gasteiger partial charge in [0.05, 0.1) is 5.41 Å². The van der Waals surface area contributed by atoms with E-state index in [1.165, 1.54) is 0 Å². The normalized spacial score (nSPS) is 21.5. The van der Waals surface area contributed by atoms with Gasteiger partial charge in [0.15, 0.2) is 0 Å². The first-order chi connectivity index (χ1) is 8.16. The molecule has 0 unspecified atom stereocenters. The molecule has 0 heterocycles. The number of nitrogens with one attached hydrogen (secondary N) is 2. The molecule has 0 atom stereocenters. The summed E-state index contributed by atoms with van der Waals surface area (Å²) in [6.07, 6.45) is 5.38. The molecule has 0 aliphatic heterocycles. The van der Waals surface area contributed by atoms with Crippen LogP contribution in [0, 0.1) is 5.41 Å². The molecular formula is C12H21N3O2. The highest BCUT2D eigenvalue weighted by molar-refractivity contribution is 5.84. The predicted molar refractivity (Wildman–Crippen MR) is 64.1 cm³/mol. The molecular weight excluding hydrogens is 218 g/mol. The van der Waals surface area contributed by atoms with Crippen LogP contribution in [0.5, 0.6) is 0 Å². The first-order valence-electron chi connectivity index (χ1n) is 6.44. The van der Waals surface area contributed by atoms with Gasteiger partial charge in [-0.1, -0.05) is 6.42 Å². The zero-order valence-electron chi connectivity index (χ0n) is 10.1. The van der Waals surface area contributed by atoms with Crippen LogP contribution in [0.1, 0.15) is 38.5 Å². The Balaban J connectivity index is 1.63. The van der Waals surface area contributed by atoms with Crippen molar-refractivity contribution in [2.45, 2.75) is 44.6 Å². The zero-order chi connectivity index (χ0) is 12.3. The number of carbonyl (C=O) groups excluding carboxylic acids is 2. The third kappa shape index (κ3) is 2.97. The molecule has 0 spiro atoms. The minimum absolute atomic E-state index is 0.0190. The lowest BCUT2D eigenvalue weighted by molar-refractivity contribution is -0.135. The van der Waals surface area contributed by atoms with Crippen LogP contribution in [0.15, 0.2) is 0 Å². The second-order valence-electron chi connectivity index (χ2n) is 5.19. The van der Waals surface area contributed by atoms with E-state index in [9.17, 15) is 9.59 Å². The average Bonchev–Trinajstić information content (AvgIpc) is 3.00. The minimum atomic E-state index is -0.340. The molecule has 2 aliphatic carbocycles. The van der Waals surface area contributed by atoms with Gasteiger partial charge in [0.1, 0.15) is 0 Å². The van der Waals surface area contributed by atoms with E-state index in [4.69, 9.17) is 5.73 Å². The molecule has 0 radical (unpaired) electrons. The van der Waals surface area contributed by atoms with Gasteiger partial charge in [-0.15, -0.1) is 0 Å². The summed E-state index contributed by atoms with van der Waals surface area (Å²) in [7, 11) is 0. The lowest BCUT2D eigenvalue weighted by Crippen LogP contribution is -2.50. The van der Waals surface area contributed by atoms with Crippen molar-refractivity contribution < 1.29 is 9.59 Å². The van der Waals surface area contributed by atoms with Crippen molar-refractivity contribution >= 4 is 11.8 Å². The Morgan fingerprint density at radius 3 is 2.47 bits per heavy atom. The van der Waals surface area contributed by atoms with E-state index in [0.717, 1.165) is 32.1 Å². The summed E-state index contributed by atoms with van der Waals surface area (Å²) >= 11 is 0. The Hall–Kier alpha value is -1.10. The molecule has 17 heavy (non-hydrogen) atoms. The maximum Gasteiger partial charge on any atom is 0.227 e. The Morgan fingerprint density at radius 2 is 2.00 bits per heavy atom. The molecule has 2 saturated carbocycles. The first kappa shape index (κ1) is 12.4. The summed E-state index contributed by atoms with van der Waals surface area (Å²) in [5.41, 5.74) is 5.29. The fourth-order valence-corrected chi connectivity index (χ4v) is 2.13. The Kier molecular flexibility index (Phi) is 3.66. The highest BCUT2D eigenvalue weighted by Gasteiger charge is 2.42. The summed E-state index contributed by atoms with van der Waals surface area (Å²) < 4.78 is 0. The van der Waals surface area contributed by atoms with Crippen LogP contribution < -0.4 is 16.4 Å². The van der Waals surface area contributed by atoms with Gasteiger partial charge in [-0.05, 0) is 25.7 Å². The second kappa shape index (κ2) is 5.04. The lowest BCUT2D eigenvalue weighted by atomic mass is 9.68. The minimum Gasteiger partial charge on any atom is -0.355 e. The van der Waals surface area contributed by atoms with E-state index >= 15 is 0 Å². The van der Waals surface area contributed by atoms with Crippen LogP contribution in [-0.4, -0.2) is 30.9 Å². The van der Waals surface area contributed by atoms with Crippen molar-refractivity contribution in [1.29, 1.82) is 0 Å².